The molecule has 0 bridgehead atoms. The first-order valence-corrected chi connectivity index (χ1v) is 6.40. The SMILES string of the molecule is CCOCC(C)n1c(C(F)(F)F)nc2c1CCNC2. The number of hydrogen-bond donors (Lipinski definition) is 1. The Balaban J connectivity index is 2.40. The first-order chi connectivity index (χ1) is 8.95. The van der Waals surface area contributed by atoms with E-state index >= 15 is 0 Å². The minimum atomic E-state index is -4.43. The standard InChI is InChI=1S/C12H18F3N3O/c1-3-19-7-8(2)18-10-4-5-16-6-9(10)17-11(18)12(13,14)15/h8,16H,3-7H2,1-2H3. The summed E-state index contributed by atoms with van der Waals surface area (Å²) in [5, 5.41) is 3.04. The van der Waals surface area contributed by atoms with Crippen molar-refractivity contribution < 1.29 is 17.9 Å². The van der Waals surface area contributed by atoms with Gasteiger partial charge in [0.2, 0.25) is 5.82 Å². The van der Waals surface area contributed by atoms with Crippen molar-refractivity contribution in [2.75, 3.05) is 19.8 Å². The van der Waals surface area contributed by atoms with Crippen molar-refractivity contribution in [3.63, 3.8) is 0 Å². The Morgan fingerprint density at radius 3 is 2.84 bits per heavy atom. The predicted octanol–water partition coefficient (Wildman–Crippen LogP) is 2.15. The van der Waals surface area contributed by atoms with E-state index in [0.717, 1.165) is 0 Å². The molecule has 0 amide bonds. The van der Waals surface area contributed by atoms with E-state index in [-0.39, 0.29) is 12.6 Å². The highest BCUT2D eigenvalue weighted by Crippen LogP contribution is 2.33. The van der Waals surface area contributed by atoms with Crippen molar-refractivity contribution in [2.24, 2.45) is 0 Å². The zero-order valence-corrected chi connectivity index (χ0v) is 11.0. The summed E-state index contributed by atoms with van der Waals surface area (Å²) in [5.41, 5.74) is 1.18. The fraction of sp³-hybridized carbons (Fsp3) is 0.750. The van der Waals surface area contributed by atoms with E-state index in [1.807, 2.05) is 6.92 Å². The maximum Gasteiger partial charge on any atom is 0.449 e. The normalized spacial score (nSPS) is 17.3. The molecule has 1 atom stereocenters. The first-order valence-electron chi connectivity index (χ1n) is 6.40. The van der Waals surface area contributed by atoms with Gasteiger partial charge in [0, 0.05) is 31.8 Å². The molecule has 1 aliphatic heterocycles. The Kier molecular flexibility index (Phi) is 4.15. The van der Waals surface area contributed by atoms with Crippen molar-refractivity contribution in [1.29, 1.82) is 0 Å². The largest absolute Gasteiger partial charge is 0.449 e. The highest BCUT2D eigenvalue weighted by atomic mass is 19.4. The Hall–Kier alpha value is -1.08. The van der Waals surface area contributed by atoms with Gasteiger partial charge < -0.3 is 14.6 Å². The van der Waals surface area contributed by atoms with Crippen LogP contribution in [0.25, 0.3) is 0 Å². The van der Waals surface area contributed by atoms with Crippen LogP contribution >= 0.6 is 0 Å². The average Bonchev–Trinajstić information content (AvgIpc) is 2.75. The molecule has 0 aliphatic carbocycles. The smallest absolute Gasteiger partial charge is 0.380 e. The molecule has 108 valence electrons. The molecule has 0 fully saturated rings. The highest BCUT2D eigenvalue weighted by Gasteiger charge is 2.40. The van der Waals surface area contributed by atoms with Crippen LogP contribution in [-0.2, 0) is 23.9 Å². The van der Waals surface area contributed by atoms with E-state index in [9.17, 15) is 13.2 Å². The van der Waals surface area contributed by atoms with E-state index in [1.54, 1.807) is 6.92 Å². The second kappa shape index (κ2) is 5.50. The zero-order chi connectivity index (χ0) is 14.0. The molecule has 1 aromatic rings. The van der Waals surface area contributed by atoms with Crippen LogP contribution < -0.4 is 5.32 Å². The Labute approximate surface area is 110 Å². The van der Waals surface area contributed by atoms with E-state index in [4.69, 9.17) is 4.74 Å². The third kappa shape index (κ3) is 2.92. The van der Waals surface area contributed by atoms with Crippen LogP contribution in [0, 0.1) is 0 Å². The van der Waals surface area contributed by atoms with Gasteiger partial charge in [0.1, 0.15) is 0 Å². The number of halogens is 3. The third-order valence-electron chi connectivity index (χ3n) is 3.18. The Morgan fingerprint density at radius 1 is 1.47 bits per heavy atom. The maximum absolute atomic E-state index is 13.1. The number of fused-ring (bicyclic) bond motifs is 1. The van der Waals surface area contributed by atoms with E-state index in [0.29, 0.717) is 37.5 Å². The molecule has 1 unspecified atom stereocenters. The number of hydrogen-bond acceptors (Lipinski definition) is 3. The number of imidazole rings is 1. The third-order valence-corrected chi connectivity index (χ3v) is 3.18. The van der Waals surface area contributed by atoms with Gasteiger partial charge in [-0.15, -0.1) is 0 Å². The molecular weight excluding hydrogens is 259 g/mol. The van der Waals surface area contributed by atoms with Gasteiger partial charge in [0.25, 0.3) is 0 Å². The summed E-state index contributed by atoms with van der Waals surface area (Å²) in [6.45, 7) is 5.38. The summed E-state index contributed by atoms with van der Waals surface area (Å²) < 4.78 is 45.8. The lowest BCUT2D eigenvalue weighted by molar-refractivity contribution is -0.148. The number of nitrogens with one attached hydrogen (secondary N) is 1. The summed E-state index contributed by atoms with van der Waals surface area (Å²) >= 11 is 0. The van der Waals surface area contributed by atoms with Crippen LogP contribution in [0.15, 0.2) is 0 Å². The fourth-order valence-electron chi connectivity index (χ4n) is 2.37. The summed E-state index contributed by atoms with van der Waals surface area (Å²) in [6.07, 6.45) is -3.87. The molecule has 0 spiro atoms. The summed E-state index contributed by atoms with van der Waals surface area (Å²) in [7, 11) is 0. The molecule has 0 saturated heterocycles. The van der Waals surface area contributed by atoms with Crippen molar-refractivity contribution in [1.82, 2.24) is 14.9 Å². The quantitative estimate of drug-likeness (QED) is 0.916. The molecular formula is C12H18F3N3O. The van der Waals surface area contributed by atoms with Gasteiger partial charge in [-0.25, -0.2) is 4.98 Å². The molecule has 7 heteroatoms. The van der Waals surface area contributed by atoms with Crippen LogP contribution in [0.4, 0.5) is 13.2 Å². The summed E-state index contributed by atoms with van der Waals surface area (Å²) in [4.78, 5) is 3.77. The van der Waals surface area contributed by atoms with Gasteiger partial charge in [0.05, 0.1) is 18.3 Å². The molecule has 4 nitrogen and oxygen atoms in total. The van der Waals surface area contributed by atoms with Crippen LogP contribution in [0.1, 0.15) is 37.1 Å². The lowest BCUT2D eigenvalue weighted by Crippen LogP contribution is -2.27. The Bertz CT molecular complexity index is 442. The molecule has 19 heavy (non-hydrogen) atoms. The van der Waals surface area contributed by atoms with Gasteiger partial charge in [-0.2, -0.15) is 13.2 Å². The monoisotopic (exact) mass is 277 g/mol. The maximum atomic E-state index is 13.1. The highest BCUT2D eigenvalue weighted by molar-refractivity contribution is 5.22. The molecule has 2 heterocycles. The summed E-state index contributed by atoms with van der Waals surface area (Å²) in [6, 6.07) is -0.370. The van der Waals surface area contributed by atoms with E-state index < -0.39 is 12.0 Å². The number of alkyl halides is 3. The van der Waals surface area contributed by atoms with Crippen LogP contribution in [0.5, 0.6) is 0 Å². The molecule has 0 saturated carbocycles. The lowest BCUT2D eigenvalue weighted by Gasteiger charge is -2.22. The van der Waals surface area contributed by atoms with Gasteiger partial charge in [-0.1, -0.05) is 0 Å². The van der Waals surface area contributed by atoms with E-state index in [1.165, 1.54) is 4.57 Å². The Morgan fingerprint density at radius 2 is 2.21 bits per heavy atom. The molecule has 0 aromatic carbocycles. The molecule has 1 aromatic heterocycles. The lowest BCUT2D eigenvalue weighted by atomic mass is 10.1. The van der Waals surface area contributed by atoms with Crippen molar-refractivity contribution >= 4 is 0 Å². The number of ether oxygens (including phenoxy) is 1. The summed E-state index contributed by atoms with van der Waals surface area (Å²) in [5.74, 6) is -0.812. The van der Waals surface area contributed by atoms with Gasteiger partial charge >= 0.3 is 6.18 Å². The number of aromatic nitrogens is 2. The van der Waals surface area contributed by atoms with Crippen LogP contribution in [0.3, 0.4) is 0 Å². The minimum absolute atomic E-state index is 0.260. The average molecular weight is 277 g/mol. The molecule has 2 rings (SSSR count). The minimum Gasteiger partial charge on any atom is -0.380 e. The number of rotatable bonds is 4. The second-order valence-electron chi connectivity index (χ2n) is 4.63. The molecule has 1 N–H and O–H groups in total. The second-order valence-corrected chi connectivity index (χ2v) is 4.63. The fourth-order valence-corrected chi connectivity index (χ4v) is 2.37. The van der Waals surface area contributed by atoms with Crippen molar-refractivity contribution in [3.8, 4) is 0 Å². The topological polar surface area (TPSA) is 39.1 Å². The first kappa shape index (κ1) is 14.3. The van der Waals surface area contributed by atoms with E-state index in [2.05, 4.69) is 10.3 Å². The van der Waals surface area contributed by atoms with Crippen molar-refractivity contribution in [3.05, 3.63) is 17.2 Å². The van der Waals surface area contributed by atoms with Crippen LogP contribution in [-0.4, -0.2) is 29.3 Å². The van der Waals surface area contributed by atoms with Crippen molar-refractivity contribution in [2.45, 2.75) is 39.0 Å². The predicted molar refractivity (Wildman–Crippen MR) is 63.8 cm³/mol. The molecule has 0 radical (unpaired) electrons. The van der Waals surface area contributed by atoms with Gasteiger partial charge in [-0.3, -0.25) is 0 Å². The zero-order valence-electron chi connectivity index (χ0n) is 11.0. The van der Waals surface area contributed by atoms with Crippen LogP contribution in [0.2, 0.25) is 0 Å². The number of nitrogens with zero attached hydrogens (tertiary/aromatic N) is 2. The van der Waals surface area contributed by atoms with Gasteiger partial charge in [0.15, 0.2) is 0 Å². The molecule has 1 aliphatic rings. The van der Waals surface area contributed by atoms with Gasteiger partial charge in [-0.05, 0) is 13.8 Å².